The standard InChI is InChI=1S/C19H29NO6/c1-19(2,3)26-18(22)20-16(17(21)23-4)14-25-12-8-11-24-13-15-9-6-5-7-10-15/h5-7,9-10,16H,8,11-14H2,1-4H3,(H,20,22). The Labute approximate surface area is 155 Å². The molecule has 146 valence electrons. The number of nitrogens with one attached hydrogen (secondary N) is 1. The Morgan fingerprint density at radius 2 is 1.73 bits per heavy atom. The van der Waals surface area contributed by atoms with Gasteiger partial charge in [-0.25, -0.2) is 9.59 Å². The maximum Gasteiger partial charge on any atom is 0.408 e. The zero-order valence-electron chi connectivity index (χ0n) is 15.9. The highest BCUT2D eigenvalue weighted by Crippen LogP contribution is 2.07. The molecule has 0 aliphatic heterocycles. The zero-order valence-corrected chi connectivity index (χ0v) is 15.9. The number of alkyl carbamates (subject to hydrolysis) is 1. The number of carbonyl (C=O) groups is 2. The van der Waals surface area contributed by atoms with E-state index in [0.717, 1.165) is 5.56 Å². The zero-order chi connectivity index (χ0) is 19.4. The van der Waals surface area contributed by atoms with E-state index in [1.807, 2.05) is 30.3 Å². The van der Waals surface area contributed by atoms with E-state index in [2.05, 4.69) is 10.1 Å². The highest BCUT2D eigenvalue weighted by molar-refractivity contribution is 5.81. The number of methoxy groups -OCH3 is 1. The van der Waals surface area contributed by atoms with Gasteiger partial charge in [-0.1, -0.05) is 30.3 Å². The molecule has 0 aliphatic rings. The average Bonchev–Trinajstić information content (AvgIpc) is 2.58. The van der Waals surface area contributed by atoms with Gasteiger partial charge in [-0.15, -0.1) is 0 Å². The Morgan fingerprint density at radius 3 is 2.35 bits per heavy atom. The molecule has 0 saturated heterocycles. The van der Waals surface area contributed by atoms with Crippen molar-refractivity contribution in [2.24, 2.45) is 0 Å². The van der Waals surface area contributed by atoms with Crippen LogP contribution in [0.5, 0.6) is 0 Å². The van der Waals surface area contributed by atoms with Gasteiger partial charge in [0.05, 0.1) is 20.3 Å². The highest BCUT2D eigenvalue weighted by atomic mass is 16.6. The second-order valence-electron chi connectivity index (χ2n) is 6.69. The summed E-state index contributed by atoms with van der Waals surface area (Å²) in [5.41, 5.74) is 0.461. The van der Waals surface area contributed by atoms with Crippen molar-refractivity contribution in [3.63, 3.8) is 0 Å². The van der Waals surface area contributed by atoms with Gasteiger partial charge in [-0.05, 0) is 32.8 Å². The average molecular weight is 367 g/mol. The maximum absolute atomic E-state index is 11.8. The summed E-state index contributed by atoms with van der Waals surface area (Å²) in [6.45, 7) is 6.72. The molecule has 0 spiro atoms. The molecule has 7 nitrogen and oxygen atoms in total. The number of amides is 1. The predicted octanol–water partition coefficient (Wildman–Crippen LogP) is 2.68. The van der Waals surface area contributed by atoms with Gasteiger partial charge in [-0.2, -0.15) is 0 Å². The third-order valence-corrected chi connectivity index (χ3v) is 3.15. The van der Waals surface area contributed by atoms with Gasteiger partial charge in [-0.3, -0.25) is 0 Å². The molecule has 0 aliphatic carbocycles. The van der Waals surface area contributed by atoms with Crippen molar-refractivity contribution in [2.45, 2.75) is 45.4 Å². The van der Waals surface area contributed by atoms with E-state index in [0.29, 0.717) is 26.2 Å². The number of benzene rings is 1. The van der Waals surface area contributed by atoms with E-state index >= 15 is 0 Å². The number of esters is 1. The lowest BCUT2D eigenvalue weighted by atomic mass is 10.2. The molecular weight excluding hydrogens is 338 g/mol. The highest BCUT2D eigenvalue weighted by Gasteiger charge is 2.25. The van der Waals surface area contributed by atoms with Crippen LogP contribution in [0.15, 0.2) is 30.3 Å². The monoisotopic (exact) mass is 367 g/mol. The number of ether oxygens (including phenoxy) is 4. The van der Waals surface area contributed by atoms with Crippen molar-refractivity contribution in [3.05, 3.63) is 35.9 Å². The van der Waals surface area contributed by atoms with E-state index in [9.17, 15) is 9.59 Å². The van der Waals surface area contributed by atoms with E-state index < -0.39 is 23.7 Å². The van der Waals surface area contributed by atoms with E-state index in [1.54, 1.807) is 20.8 Å². The second kappa shape index (κ2) is 11.5. The molecule has 1 aromatic rings. The van der Waals surface area contributed by atoms with Crippen LogP contribution >= 0.6 is 0 Å². The van der Waals surface area contributed by atoms with Gasteiger partial charge in [0.2, 0.25) is 0 Å². The molecule has 0 radical (unpaired) electrons. The minimum Gasteiger partial charge on any atom is -0.467 e. The third-order valence-electron chi connectivity index (χ3n) is 3.15. The fourth-order valence-corrected chi connectivity index (χ4v) is 1.99. The van der Waals surface area contributed by atoms with Gasteiger partial charge < -0.3 is 24.3 Å². The minimum atomic E-state index is -0.917. The molecule has 1 atom stereocenters. The molecule has 0 aromatic heterocycles. The van der Waals surface area contributed by atoms with Crippen LogP contribution < -0.4 is 5.32 Å². The third kappa shape index (κ3) is 10.0. The summed E-state index contributed by atoms with van der Waals surface area (Å²) in [4.78, 5) is 23.5. The van der Waals surface area contributed by atoms with Crippen molar-refractivity contribution >= 4 is 12.1 Å². The largest absolute Gasteiger partial charge is 0.467 e. The fourth-order valence-electron chi connectivity index (χ4n) is 1.99. The first-order chi connectivity index (χ1) is 12.3. The van der Waals surface area contributed by atoms with Gasteiger partial charge >= 0.3 is 12.1 Å². The molecule has 0 saturated carbocycles. The SMILES string of the molecule is COC(=O)C(COCCCOCc1ccccc1)NC(=O)OC(C)(C)C. The summed E-state index contributed by atoms with van der Waals surface area (Å²) in [5.74, 6) is -0.587. The topological polar surface area (TPSA) is 83.1 Å². The summed E-state index contributed by atoms with van der Waals surface area (Å²) in [6, 6.07) is 8.97. The summed E-state index contributed by atoms with van der Waals surface area (Å²) in [5, 5.41) is 2.46. The van der Waals surface area contributed by atoms with Gasteiger partial charge in [0.1, 0.15) is 5.60 Å². The lowest BCUT2D eigenvalue weighted by Gasteiger charge is -2.22. The summed E-state index contributed by atoms with van der Waals surface area (Å²) in [7, 11) is 1.25. The quantitative estimate of drug-likeness (QED) is 0.506. The Kier molecular flexibility index (Phi) is 9.69. The molecule has 1 aromatic carbocycles. The lowest BCUT2D eigenvalue weighted by Crippen LogP contribution is -2.46. The molecule has 0 fully saturated rings. The van der Waals surface area contributed by atoms with Crippen molar-refractivity contribution in [1.82, 2.24) is 5.32 Å². The number of rotatable bonds is 10. The van der Waals surface area contributed by atoms with E-state index in [-0.39, 0.29) is 6.61 Å². The van der Waals surface area contributed by atoms with Crippen LogP contribution in [-0.2, 0) is 30.3 Å². The number of carbonyl (C=O) groups excluding carboxylic acids is 2. The first-order valence-corrected chi connectivity index (χ1v) is 8.58. The fraction of sp³-hybridized carbons (Fsp3) is 0.579. The molecule has 26 heavy (non-hydrogen) atoms. The van der Waals surface area contributed by atoms with Gasteiger partial charge in [0.15, 0.2) is 6.04 Å². The minimum absolute atomic E-state index is 0.00456. The summed E-state index contributed by atoms with van der Waals surface area (Å²) >= 11 is 0. The predicted molar refractivity (Wildman–Crippen MR) is 96.7 cm³/mol. The Hall–Kier alpha value is -2.12. The van der Waals surface area contributed by atoms with Crippen molar-refractivity contribution < 1.29 is 28.5 Å². The van der Waals surface area contributed by atoms with Gasteiger partial charge in [0, 0.05) is 13.2 Å². The van der Waals surface area contributed by atoms with Crippen LogP contribution in [0.1, 0.15) is 32.8 Å². The van der Waals surface area contributed by atoms with Crippen LogP contribution in [0.2, 0.25) is 0 Å². The molecule has 0 bridgehead atoms. The van der Waals surface area contributed by atoms with Crippen molar-refractivity contribution in [2.75, 3.05) is 26.9 Å². The summed E-state index contributed by atoms with van der Waals surface area (Å²) < 4.78 is 20.8. The van der Waals surface area contributed by atoms with Crippen molar-refractivity contribution in [1.29, 1.82) is 0 Å². The Bertz CT molecular complexity index is 541. The Morgan fingerprint density at radius 1 is 1.08 bits per heavy atom. The smallest absolute Gasteiger partial charge is 0.408 e. The molecule has 1 amide bonds. The molecular formula is C19H29NO6. The first kappa shape index (κ1) is 21.9. The summed E-state index contributed by atoms with van der Waals surface area (Å²) in [6.07, 6.45) is -0.0182. The van der Waals surface area contributed by atoms with E-state index in [1.165, 1.54) is 7.11 Å². The van der Waals surface area contributed by atoms with Crippen LogP contribution in [0.25, 0.3) is 0 Å². The number of hydrogen-bond acceptors (Lipinski definition) is 6. The first-order valence-electron chi connectivity index (χ1n) is 8.58. The van der Waals surface area contributed by atoms with E-state index in [4.69, 9.17) is 14.2 Å². The molecule has 1 rings (SSSR count). The Balaban J connectivity index is 2.23. The van der Waals surface area contributed by atoms with Crippen molar-refractivity contribution in [3.8, 4) is 0 Å². The molecule has 0 heterocycles. The van der Waals surface area contributed by atoms with Crippen LogP contribution in [0.4, 0.5) is 4.79 Å². The van der Waals surface area contributed by atoms with Crippen LogP contribution in [0, 0.1) is 0 Å². The maximum atomic E-state index is 11.8. The lowest BCUT2D eigenvalue weighted by molar-refractivity contribution is -0.144. The van der Waals surface area contributed by atoms with Gasteiger partial charge in [0.25, 0.3) is 0 Å². The molecule has 7 heteroatoms. The number of hydrogen-bond donors (Lipinski definition) is 1. The second-order valence-corrected chi connectivity index (χ2v) is 6.69. The van der Waals surface area contributed by atoms with Crippen LogP contribution in [-0.4, -0.2) is 50.6 Å². The molecule has 1 N–H and O–H groups in total. The normalized spacial score (nSPS) is 12.3. The van der Waals surface area contributed by atoms with Crippen LogP contribution in [0.3, 0.4) is 0 Å². The molecule has 1 unspecified atom stereocenters.